The predicted octanol–water partition coefficient (Wildman–Crippen LogP) is 0.882. The standard InChI is InChI=1S/C10H10N2O4S/c1-2-16-10(13)11-9-7-5-3-4-6-8(7)17(14,15)12-9/h3-6H,2H2,1H3,(H,11,12,13). The molecule has 1 heterocycles. The lowest BCUT2D eigenvalue weighted by molar-refractivity contribution is 0.158. The van der Waals surface area contributed by atoms with Gasteiger partial charge in [-0.15, -0.1) is 4.40 Å². The van der Waals surface area contributed by atoms with E-state index in [9.17, 15) is 13.2 Å². The third-order valence-electron chi connectivity index (χ3n) is 2.13. The molecule has 1 aliphatic heterocycles. The van der Waals surface area contributed by atoms with Gasteiger partial charge in [0.25, 0.3) is 10.0 Å². The third-order valence-corrected chi connectivity index (χ3v) is 3.46. The molecule has 1 amide bonds. The lowest BCUT2D eigenvalue weighted by Crippen LogP contribution is -2.30. The summed E-state index contributed by atoms with van der Waals surface area (Å²) >= 11 is 0. The quantitative estimate of drug-likeness (QED) is 0.806. The molecule has 2 rings (SSSR count). The zero-order valence-electron chi connectivity index (χ0n) is 9.00. The lowest BCUT2D eigenvalue weighted by Gasteiger charge is -2.04. The molecule has 0 spiro atoms. The van der Waals surface area contributed by atoms with E-state index < -0.39 is 16.1 Å². The van der Waals surface area contributed by atoms with Crippen LogP contribution < -0.4 is 5.32 Å². The number of alkyl carbamates (subject to hydrolysis) is 1. The van der Waals surface area contributed by atoms with Crippen molar-refractivity contribution in [2.24, 2.45) is 4.40 Å². The van der Waals surface area contributed by atoms with Crippen molar-refractivity contribution in [2.45, 2.75) is 11.8 Å². The number of nitrogens with zero attached hydrogens (tertiary/aromatic N) is 1. The van der Waals surface area contributed by atoms with Gasteiger partial charge < -0.3 is 4.74 Å². The number of carbonyl (C=O) groups is 1. The average Bonchev–Trinajstić information content (AvgIpc) is 2.52. The summed E-state index contributed by atoms with van der Waals surface area (Å²) in [7, 11) is -3.70. The number of hydrogen-bond donors (Lipinski definition) is 1. The first-order chi connectivity index (χ1) is 8.04. The number of carbonyl (C=O) groups excluding carboxylic acids is 1. The van der Waals surface area contributed by atoms with Gasteiger partial charge in [-0.25, -0.2) is 4.79 Å². The van der Waals surface area contributed by atoms with Crippen molar-refractivity contribution in [3.05, 3.63) is 29.8 Å². The Morgan fingerprint density at radius 3 is 2.82 bits per heavy atom. The number of ether oxygens (including phenoxy) is 1. The maximum atomic E-state index is 11.6. The third kappa shape index (κ3) is 2.14. The van der Waals surface area contributed by atoms with Crippen molar-refractivity contribution in [1.82, 2.24) is 5.32 Å². The van der Waals surface area contributed by atoms with E-state index in [2.05, 4.69) is 14.5 Å². The Labute approximate surface area is 98.4 Å². The fourth-order valence-electron chi connectivity index (χ4n) is 1.46. The van der Waals surface area contributed by atoms with Gasteiger partial charge in [0.15, 0.2) is 5.84 Å². The largest absolute Gasteiger partial charge is 0.450 e. The SMILES string of the molecule is CCOC(=O)NC1=NS(=O)(=O)c2ccccc21. The second-order valence-electron chi connectivity index (χ2n) is 3.26. The molecule has 7 heteroatoms. The van der Waals surface area contributed by atoms with Crippen LogP contribution >= 0.6 is 0 Å². The van der Waals surface area contributed by atoms with Crippen molar-refractivity contribution in [3.8, 4) is 0 Å². The van der Waals surface area contributed by atoms with E-state index >= 15 is 0 Å². The first kappa shape index (κ1) is 11.6. The molecule has 90 valence electrons. The molecule has 1 aliphatic rings. The average molecular weight is 254 g/mol. The number of amidine groups is 1. The minimum absolute atomic E-state index is 0.000880. The van der Waals surface area contributed by atoms with E-state index in [0.29, 0.717) is 5.56 Å². The highest BCUT2D eigenvalue weighted by atomic mass is 32.2. The summed E-state index contributed by atoms with van der Waals surface area (Å²) in [6.07, 6.45) is -0.724. The minimum Gasteiger partial charge on any atom is -0.450 e. The molecule has 0 aromatic heterocycles. The van der Waals surface area contributed by atoms with Crippen LogP contribution in [-0.2, 0) is 14.8 Å². The zero-order valence-corrected chi connectivity index (χ0v) is 9.82. The second kappa shape index (κ2) is 4.17. The molecule has 6 nitrogen and oxygen atoms in total. The van der Waals surface area contributed by atoms with Gasteiger partial charge >= 0.3 is 6.09 Å². The molecule has 1 aromatic rings. The Kier molecular flexibility index (Phi) is 2.84. The number of amides is 1. The Bertz CT molecular complexity index is 592. The zero-order chi connectivity index (χ0) is 12.5. The van der Waals surface area contributed by atoms with Gasteiger partial charge in [-0.1, -0.05) is 12.1 Å². The summed E-state index contributed by atoms with van der Waals surface area (Å²) < 4.78 is 31.4. The molecule has 0 radical (unpaired) electrons. The summed E-state index contributed by atoms with van der Waals surface area (Å²) in [6, 6.07) is 6.28. The van der Waals surface area contributed by atoms with Gasteiger partial charge in [0.1, 0.15) is 4.90 Å². The number of nitrogens with one attached hydrogen (secondary N) is 1. The molecule has 0 aliphatic carbocycles. The van der Waals surface area contributed by atoms with Crippen molar-refractivity contribution >= 4 is 22.0 Å². The molecule has 0 atom stereocenters. The van der Waals surface area contributed by atoms with Gasteiger partial charge in [-0.05, 0) is 19.1 Å². The van der Waals surface area contributed by atoms with Crippen LogP contribution in [0.4, 0.5) is 4.79 Å². The normalized spacial score (nSPS) is 15.9. The fraction of sp³-hybridized carbons (Fsp3) is 0.200. The molecular formula is C10H10N2O4S. The van der Waals surface area contributed by atoms with E-state index in [4.69, 9.17) is 0 Å². The molecule has 1 aromatic carbocycles. The van der Waals surface area contributed by atoms with Gasteiger partial charge in [0.2, 0.25) is 0 Å². The number of rotatable bonds is 1. The van der Waals surface area contributed by atoms with Crippen LogP contribution in [0.15, 0.2) is 33.6 Å². The van der Waals surface area contributed by atoms with E-state index in [1.807, 2.05) is 0 Å². The topological polar surface area (TPSA) is 84.8 Å². The number of sulfonamides is 1. The van der Waals surface area contributed by atoms with Crippen LogP contribution in [-0.4, -0.2) is 27.0 Å². The molecule has 0 unspecified atom stereocenters. The maximum absolute atomic E-state index is 11.6. The van der Waals surface area contributed by atoms with E-state index in [0.717, 1.165) is 0 Å². The molecule has 0 fully saturated rings. The Morgan fingerprint density at radius 1 is 1.41 bits per heavy atom. The molecule has 0 saturated heterocycles. The number of fused-ring (bicyclic) bond motifs is 1. The van der Waals surface area contributed by atoms with Crippen LogP contribution in [0.1, 0.15) is 12.5 Å². The Balaban J connectivity index is 2.35. The van der Waals surface area contributed by atoms with Crippen LogP contribution in [0.2, 0.25) is 0 Å². The maximum Gasteiger partial charge on any atom is 0.412 e. The highest BCUT2D eigenvalue weighted by Crippen LogP contribution is 2.24. The fourth-order valence-corrected chi connectivity index (χ4v) is 2.64. The molecular weight excluding hydrogens is 244 g/mol. The second-order valence-corrected chi connectivity index (χ2v) is 4.83. The van der Waals surface area contributed by atoms with E-state index in [1.54, 1.807) is 25.1 Å². The van der Waals surface area contributed by atoms with Crippen LogP contribution in [0.25, 0.3) is 0 Å². The van der Waals surface area contributed by atoms with E-state index in [-0.39, 0.29) is 17.3 Å². The van der Waals surface area contributed by atoms with Crippen LogP contribution in [0, 0.1) is 0 Å². The molecule has 17 heavy (non-hydrogen) atoms. The smallest absolute Gasteiger partial charge is 0.412 e. The molecule has 1 N–H and O–H groups in total. The lowest BCUT2D eigenvalue weighted by atomic mass is 10.2. The van der Waals surface area contributed by atoms with Gasteiger partial charge in [0, 0.05) is 5.56 Å². The van der Waals surface area contributed by atoms with Gasteiger partial charge in [-0.2, -0.15) is 8.42 Å². The van der Waals surface area contributed by atoms with Crippen LogP contribution in [0.3, 0.4) is 0 Å². The van der Waals surface area contributed by atoms with Crippen LogP contribution in [0.5, 0.6) is 0 Å². The van der Waals surface area contributed by atoms with Crippen molar-refractivity contribution in [3.63, 3.8) is 0 Å². The van der Waals surface area contributed by atoms with Gasteiger partial charge in [0.05, 0.1) is 6.61 Å². The van der Waals surface area contributed by atoms with Crippen molar-refractivity contribution in [1.29, 1.82) is 0 Å². The Hall–Kier alpha value is -1.89. The monoisotopic (exact) mass is 254 g/mol. The summed E-state index contributed by atoms with van der Waals surface area (Å²) in [4.78, 5) is 11.3. The first-order valence-electron chi connectivity index (χ1n) is 4.93. The highest BCUT2D eigenvalue weighted by molar-refractivity contribution is 7.90. The summed E-state index contributed by atoms with van der Waals surface area (Å²) in [6.45, 7) is 1.86. The summed E-state index contributed by atoms with van der Waals surface area (Å²) in [5.41, 5.74) is 0.376. The molecule has 0 bridgehead atoms. The number of benzene rings is 1. The first-order valence-corrected chi connectivity index (χ1v) is 6.37. The van der Waals surface area contributed by atoms with Gasteiger partial charge in [-0.3, -0.25) is 5.32 Å². The number of hydrogen-bond acceptors (Lipinski definition) is 4. The highest BCUT2D eigenvalue weighted by Gasteiger charge is 2.29. The van der Waals surface area contributed by atoms with E-state index in [1.165, 1.54) is 6.07 Å². The van der Waals surface area contributed by atoms with Crippen molar-refractivity contribution in [2.75, 3.05) is 6.61 Å². The van der Waals surface area contributed by atoms with Crippen molar-refractivity contribution < 1.29 is 17.9 Å². The summed E-state index contributed by atoms with van der Waals surface area (Å²) in [5.74, 6) is -0.000880. The summed E-state index contributed by atoms with van der Waals surface area (Å²) in [5, 5.41) is 2.30. The predicted molar refractivity (Wildman–Crippen MR) is 60.3 cm³/mol. The Morgan fingerprint density at radius 2 is 2.12 bits per heavy atom. The minimum atomic E-state index is -3.70. The molecule has 0 saturated carbocycles.